The van der Waals surface area contributed by atoms with Gasteiger partial charge in [-0.3, -0.25) is 4.68 Å². The van der Waals surface area contributed by atoms with Gasteiger partial charge in [0, 0.05) is 80.6 Å². The standard InChI is InChI=1S/C27H33N7O2S/c1-28-19-16-21(17-19)34-18-24(25-10-11-29-31(25)2)23-8-9-26(30-27(23)34)33-14-12-32(13-15-33)20-4-6-22(7-5-20)37(3,35)36/h4-11,18-19,21,28H,12-17H2,1-3H3/t19-,21-. The van der Waals surface area contributed by atoms with E-state index in [1.54, 1.807) is 12.1 Å². The average Bonchev–Trinajstić information content (AvgIpc) is 3.46. The Morgan fingerprint density at radius 1 is 0.946 bits per heavy atom. The Morgan fingerprint density at radius 3 is 2.27 bits per heavy atom. The first-order chi connectivity index (χ1) is 17.8. The number of pyridine rings is 1. The Balaban J connectivity index is 1.25. The van der Waals surface area contributed by atoms with Crippen molar-refractivity contribution in [1.82, 2.24) is 24.6 Å². The molecule has 0 atom stereocenters. The summed E-state index contributed by atoms with van der Waals surface area (Å²) in [4.78, 5) is 10.2. The highest BCUT2D eigenvalue weighted by Crippen LogP contribution is 2.39. The molecule has 0 unspecified atom stereocenters. The van der Waals surface area contributed by atoms with E-state index in [9.17, 15) is 8.42 Å². The third-order valence-electron chi connectivity index (χ3n) is 7.91. The molecule has 1 saturated carbocycles. The molecule has 4 aromatic rings. The van der Waals surface area contributed by atoms with Crippen molar-refractivity contribution in [1.29, 1.82) is 0 Å². The van der Waals surface area contributed by atoms with E-state index in [0.717, 1.165) is 67.3 Å². The number of sulfone groups is 1. The van der Waals surface area contributed by atoms with Crippen LogP contribution in [0.1, 0.15) is 18.9 Å². The lowest BCUT2D eigenvalue weighted by Gasteiger charge is -2.37. The zero-order valence-corrected chi connectivity index (χ0v) is 22.3. The van der Waals surface area contributed by atoms with Crippen LogP contribution in [-0.4, -0.2) is 73.3 Å². The first kappa shape index (κ1) is 24.0. The number of nitrogens with one attached hydrogen (secondary N) is 1. The highest BCUT2D eigenvalue weighted by molar-refractivity contribution is 7.90. The SMILES string of the molecule is CN[C@H]1C[C@H](n2cc(-c3ccnn3C)c3ccc(N4CCN(c5ccc(S(C)(=O)=O)cc5)CC4)nc32)C1. The number of anilines is 2. The van der Waals surface area contributed by atoms with Gasteiger partial charge in [0.15, 0.2) is 9.84 Å². The van der Waals surface area contributed by atoms with Crippen molar-refractivity contribution in [2.75, 3.05) is 49.3 Å². The summed E-state index contributed by atoms with van der Waals surface area (Å²) in [5, 5.41) is 8.94. The number of aromatic nitrogens is 4. The molecule has 1 N–H and O–H groups in total. The lowest BCUT2D eigenvalue weighted by atomic mass is 9.87. The van der Waals surface area contributed by atoms with Gasteiger partial charge in [0.1, 0.15) is 11.5 Å². The van der Waals surface area contributed by atoms with E-state index in [2.05, 4.69) is 49.2 Å². The van der Waals surface area contributed by atoms with Crippen molar-refractivity contribution < 1.29 is 8.42 Å². The molecular formula is C27H33N7O2S. The van der Waals surface area contributed by atoms with Gasteiger partial charge < -0.3 is 19.7 Å². The molecule has 4 heterocycles. The topological polar surface area (TPSA) is 88.3 Å². The van der Waals surface area contributed by atoms with Gasteiger partial charge >= 0.3 is 0 Å². The summed E-state index contributed by atoms with van der Waals surface area (Å²) >= 11 is 0. The van der Waals surface area contributed by atoms with Gasteiger partial charge in [0.05, 0.1) is 10.6 Å². The van der Waals surface area contributed by atoms with E-state index < -0.39 is 9.84 Å². The maximum atomic E-state index is 11.8. The summed E-state index contributed by atoms with van der Waals surface area (Å²) in [6.07, 6.45) is 7.55. The number of piperazine rings is 1. The average molecular weight is 520 g/mol. The van der Waals surface area contributed by atoms with Crippen molar-refractivity contribution >= 4 is 32.4 Å². The largest absolute Gasteiger partial charge is 0.368 e. The molecule has 10 heteroatoms. The molecular weight excluding hydrogens is 486 g/mol. The van der Waals surface area contributed by atoms with Crippen molar-refractivity contribution in [3.8, 4) is 11.3 Å². The van der Waals surface area contributed by atoms with Gasteiger partial charge in [-0.25, -0.2) is 13.4 Å². The predicted octanol–water partition coefficient (Wildman–Crippen LogP) is 3.09. The fourth-order valence-electron chi connectivity index (χ4n) is 5.56. The second-order valence-corrected chi connectivity index (χ2v) is 12.2. The van der Waals surface area contributed by atoms with Gasteiger partial charge in [-0.2, -0.15) is 5.10 Å². The van der Waals surface area contributed by atoms with Crippen LogP contribution in [0.3, 0.4) is 0 Å². The highest BCUT2D eigenvalue weighted by Gasteiger charge is 2.31. The second kappa shape index (κ2) is 9.18. The van der Waals surface area contributed by atoms with Crippen LogP contribution in [0.25, 0.3) is 22.3 Å². The molecule has 2 aliphatic rings. The van der Waals surface area contributed by atoms with Gasteiger partial charge in [0.25, 0.3) is 0 Å². The van der Waals surface area contributed by atoms with Crippen LogP contribution < -0.4 is 15.1 Å². The maximum absolute atomic E-state index is 11.8. The lowest BCUT2D eigenvalue weighted by molar-refractivity contribution is 0.240. The first-order valence-corrected chi connectivity index (χ1v) is 14.7. The quantitative estimate of drug-likeness (QED) is 0.419. The maximum Gasteiger partial charge on any atom is 0.175 e. The molecule has 6 rings (SSSR count). The zero-order valence-electron chi connectivity index (χ0n) is 21.5. The fourth-order valence-corrected chi connectivity index (χ4v) is 6.19. The summed E-state index contributed by atoms with van der Waals surface area (Å²) in [6, 6.07) is 14.6. The molecule has 0 spiro atoms. The van der Waals surface area contributed by atoms with Crippen LogP contribution in [0.15, 0.2) is 59.8 Å². The van der Waals surface area contributed by atoms with Crippen molar-refractivity contribution in [2.24, 2.45) is 7.05 Å². The summed E-state index contributed by atoms with van der Waals surface area (Å²) < 4.78 is 27.9. The van der Waals surface area contributed by atoms with Crippen LogP contribution in [0.2, 0.25) is 0 Å². The molecule has 0 radical (unpaired) electrons. The van der Waals surface area contributed by atoms with Crippen LogP contribution in [0.4, 0.5) is 11.5 Å². The van der Waals surface area contributed by atoms with E-state index in [0.29, 0.717) is 17.0 Å². The Bertz CT molecular complexity index is 1530. The minimum atomic E-state index is -3.19. The molecule has 9 nitrogen and oxygen atoms in total. The molecule has 3 aromatic heterocycles. The predicted molar refractivity (Wildman–Crippen MR) is 147 cm³/mol. The molecule has 0 bridgehead atoms. The third kappa shape index (κ3) is 4.38. The number of aryl methyl sites for hydroxylation is 1. The zero-order chi connectivity index (χ0) is 25.7. The fraction of sp³-hybridized carbons (Fsp3) is 0.407. The minimum Gasteiger partial charge on any atom is -0.368 e. The van der Waals surface area contributed by atoms with E-state index >= 15 is 0 Å². The third-order valence-corrected chi connectivity index (χ3v) is 9.04. The molecule has 1 aromatic carbocycles. The Morgan fingerprint density at radius 2 is 1.65 bits per heavy atom. The van der Waals surface area contributed by atoms with Crippen molar-refractivity contribution in [2.45, 2.75) is 29.8 Å². The van der Waals surface area contributed by atoms with Gasteiger partial charge in [0.2, 0.25) is 0 Å². The minimum absolute atomic E-state index is 0.355. The van der Waals surface area contributed by atoms with E-state index in [4.69, 9.17) is 4.98 Å². The van der Waals surface area contributed by atoms with Crippen LogP contribution in [-0.2, 0) is 16.9 Å². The molecule has 1 saturated heterocycles. The lowest BCUT2D eigenvalue weighted by Crippen LogP contribution is -2.46. The summed E-state index contributed by atoms with van der Waals surface area (Å²) in [6.45, 7) is 3.41. The highest BCUT2D eigenvalue weighted by atomic mass is 32.2. The first-order valence-electron chi connectivity index (χ1n) is 12.8. The Labute approximate surface area is 217 Å². The van der Waals surface area contributed by atoms with Gasteiger partial charge in [-0.1, -0.05) is 0 Å². The summed E-state index contributed by atoms with van der Waals surface area (Å²) in [5.74, 6) is 1.000. The van der Waals surface area contributed by atoms with Crippen LogP contribution in [0.5, 0.6) is 0 Å². The molecule has 37 heavy (non-hydrogen) atoms. The second-order valence-electron chi connectivity index (χ2n) is 10.2. The number of fused-ring (bicyclic) bond motifs is 1. The Kier molecular flexibility index (Phi) is 5.95. The summed E-state index contributed by atoms with van der Waals surface area (Å²) in [7, 11) is 0.829. The molecule has 1 aliphatic heterocycles. The Hall–Kier alpha value is -3.37. The number of hydrogen-bond donors (Lipinski definition) is 1. The van der Waals surface area contributed by atoms with Crippen molar-refractivity contribution in [3.05, 3.63) is 54.9 Å². The number of hydrogen-bond acceptors (Lipinski definition) is 7. The van der Waals surface area contributed by atoms with Gasteiger partial charge in [-0.05, 0) is 62.4 Å². The molecule has 1 aliphatic carbocycles. The van der Waals surface area contributed by atoms with E-state index in [1.165, 1.54) is 11.8 Å². The van der Waals surface area contributed by atoms with Crippen LogP contribution >= 0.6 is 0 Å². The van der Waals surface area contributed by atoms with E-state index in [-0.39, 0.29) is 0 Å². The number of rotatable bonds is 6. The smallest absolute Gasteiger partial charge is 0.175 e. The summed E-state index contributed by atoms with van der Waals surface area (Å²) in [5.41, 5.74) is 4.35. The number of benzene rings is 1. The molecule has 0 amide bonds. The monoisotopic (exact) mass is 519 g/mol. The number of nitrogens with zero attached hydrogens (tertiary/aromatic N) is 6. The van der Waals surface area contributed by atoms with Crippen molar-refractivity contribution in [3.63, 3.8) is 0 Å². The van der Waals surface area contributed by atoms with Gasteiger partial charge in [-0.15, -0.1) is 0 Å². The van der Waals surface area contributed by atoms with E-state index in [1.807, 2.05) is 37.1 Å². The molecule has 2 fully saturated rings. The van der Waals surface area contributed by atoms with Crippen LogP contribution in [0, 0.1) is 0 Å². The molecule has 194 valence electrons. The normalized spacial score (nSPS) is 20.4.